The van der Waals surface area contributed by atoms with Crippen LogP contribution in [0.25, 0.3) is 0 Å². The molecule has 0 saturated heterocycles. The largest absolute Gasteiger partial charge is 0.309 e. The van der Waals surface area contributed by atoms with Gasteiger partial charge in [-0.3, -0.25) is 4.68 Å². The van der Waals surface area contributed by atoms with E-state index < -0.39 is 0 Å². The van der Waals surface area contributed by atoms with Crippen LogP contribution in [-0.2, 0) is 6.54 Å². The predicted molar refractivity (Wildman–Crippen MR) is 75.6 cm³/mol. The van der Waals surface area contributed by atoms with Crippen molar-refractivity contribution in [2.45, 2.75) is 65.5 Å². The van der Waals surface area contributed by atoms with Crippen molar-refractivity contribution in [2.75, 3.05) is 6.54 Å². The Morgan fingerprint density at radius 1 is 1.44 bits per heavy atom. The van der Waals surface area contributed by atoms with E-state index in [1.165, 1.54) is 37.8 Å². The fourth-order valence-corrected chi connectivity index (χ4v) is 2.79. The molecule has 1 aliphatic carbocycles. The second kappa shape index (κ2) is 6.37. The molecule has 2 rings (SSSR count). The lowest BCUT2D eigenvalue weighted by Gasteiger charge is -2.30. The Morgan fingerprint density at radius 2 is 2.22 bits per heavy atom. The van der Waals surface area contributed by atoms with Gasteiger partial charge in [0.2, 0.25) is 0 Å². The minimum atomic E-state index is 0.497. The number of nitrogens with one attached hydrogen (secondary N) is 1. The van der Waals surface area contributed by atoms with Crippen LogP contribution in [0.3, 0.4) is 0 Å². The molecular weight excluding hydrogens is 222 g/mol. The molecule has 18 heavy (non-hydrogen) atoms. The highest BCUT2D eigenvalue weighted by atomic mass is 15.3. The van der Waals surface area contributed by atoms with E-state index in [0.717, 1.165) is 24.7 Å². The van der Waals surface area contributed by atoms with Crippen molar-refractivity contribution in [1.82, 2.24) is 15.1 Å². The number of aromatic nitrogens is 2. The van der Waals surface area contributed by atoms with Crippen LogP contribution in [0, 0.1) is 12.8 Å². The number of hydrogen-bond acceptors (Lipinski definition) is 2. The number of rotatable bonds is 7. The van der Waals surface area contributed by atoms with Crippen LogP contribution >= 0.6 is 0 Å². The Kier molecular flexibility index (Phi) is 4.81. The standard InChI is InChI=1S/C15H27N3/c1-4-9-16-14(11-13-7-6-8-13)15-10-12(3)17-18(15)5-2/h10,13-14,16H,4-9,11H2,1-3H3. The molecule has 0 aromatic carbocycles. The molecule has 0 amide bonds. The van der Waals surface area contributed by atoms with E-state index in [1.54, 1.807) is 0 Å². The summed E-state index contributed by atoms with van der Waals surface area (Å²) in [6, 6.07) is 2.76. The van der Waals surface area contributed by atoms with Gasteiger partial charge >= 0.3 is 0 Å². The first-order valence-corrected chi connectivity index (χ1v) is 7.52. The van der Waals surface area contributed by atoms with Crippen molar-refractivity contribution in [3.8, 4) is 0 Å². The van der Waals surface area contributed by atoms with Crippen LogP contribution in [0.15, 0.2) is 6.07 Å². The first kappa shape index (κ1) is 13.6. The third-order valence-electron chi connectivity index (χ3n) is 4.02. The fourth-order valence-electron chi connectivity index (χ4n) is 2.79. The minimum Gasteiger partial charge on any atom is -0.309 e. The maximum atomic E-state index is 4.59. The topological polar surface area (TPSA) is 29.9 Å². The van der Waals surface area contributed by atoms with Gasteiger partial charge in [0.15, 0.2) is 0 Å². The molecule has 1 heterocycles. The van der Waals surface area contributed by atoms with Crippen molar-refractivity contribution in [3.05, 3.63) is 17.5 Å². The van der Waals surface area contributed by atoms with Gasteiger partial charge in [-0.25, -0.2) is 0 Å². The molecule has 1 N–H and O–H groups in total. The number of hydrogen-bond donors (Lipinski definition) is 1. The van der Waals surface area contributed by atoms with Gasteiger partial charge < -0.3 is 5.32 Å². The third-order valence-corrected chi connectivity index (χ3v) is 4.02. The highest BCUT2D eigenvalue weighted by Gasteiger charge is 2.24. The molecule has 1 aromatic heterocycles. The zero-order chi connectivity index (χ0) is 13.0. The molecule has 0 aliphatic heterocycles. The normalized spacial score (nSPS) is 17.7. The molecule has 0 spiro atoms. The second-order valence-corrected chi connectivity index (χ2v) is 5.57. The van der Waals surface area contributed by atoms with E-state index in [-0.39, 0.29) is 0 Å². The first-order chi connectivity index (χ1) is 8.74. The van der Waals surface area contributed by atoms with Crippen LogP contribution in [0.2, 0.25) is 0 Å². The van der Waals surface area contributed by atoms with Crippen molar-refractivity contribution in [3.63, 3.8) is 0 Å². The molecule has 0 radical (unpaired) electrons. The molecular formula is C15H27N3. The second-order valence-electron chi connectivity index (χ2n) is 5.57. The molecule has 1 aliphatic rings. The van der Waals surface area contributed by atoms with E-state index in [4.69, 9.17) is 0 Å². The Labute approximate surface area is 111 Å². The van der Waals surface area contributed by atoms with Crippen molar-refractivity contribution in [2.24, 2.45) is 5.92 Å². The number of nitrogens with zero attached hydrogens (tertiary/aromatic N) is 2. The predicted octanol–water partition coefficient (Wildman–Crippen LogP) is 3.44. The Hall–Kier alpha value is -0.830. The summed E-state index contributed by atoms with van der Waals surface area (Å²) >= 11 is 0. The molecule has 1 saturated carbocycles. The average Bonchev–Trinajstić information content (AvgIpc) is 2.68. The Morgan fingerprint density at radius 3 is 2.78 bits per heavy atom. The lowest BCUT2D eigenvalue weighted by molar-refractivity contribution is 0.256. The summed E-state index contributed by atoms with van der Waals surface area (Å²) < 4.78 is 2.17. The monoisotopic (exact) mass is 249 g/mol. The van der Waals surface area contributed by atoms with Gasteiger partial charge in [-0.15, -0.1) is 0 Å². The van der Waals surface area contributed by atoms with Crippen molar-refractivity contribution < 1.29 is 0 Å². The van der Waals surface area contributed by atoms with E-state index in [2.05, 4.69) is 41.9 Å². The smallest absolute Gasteiger partial charge is 0.0597 e. The van der Waals surface area contributed by atoms with E-state index >= 15 is 0 Å². The van der Waals surface area contributed by atoms with Crippen molar-refractivity contribution in [1.29, 1.82) is 0 Å². The quantitative estimate of drug-likeness (QED) is 0.802. The Balaban J connectivity index is 2.09. The van der Waals surface area contributed by atoms with Gasteiger partial charge in [-0.05, 0) is 45.2 Å². The maximum Gasteiger partial charge on any atom is 0.0597 e. The molecule has 3 heteroatoms. The summed E-state index contributed by atoms with van der Waals surface area (Å²) in [5, 5.41) is 8.30. The summed E-state index contributed by atoms with van der Waals surface area (Å²) in [5.41, 5.74) is 2.53. The van der Waals surface area contributed by atoms with E-state index in [1.807, 2.05) is 0 Å². The molecule has 1 fully saturated rings. The van der Waals surface area contributed by atoms with E-state index in [0.29, 0.717) is 6.04 Å². The molecule has 1 unspecified atom stereocenters. The van der Waals surface area contributed by atoms with Crippen LogP contribution in [0.1, 0.15) is 63.4 Å². The van der Waals surface area contributed by atoms with Crippen LogP contribution in [0.5, 0.6) is 0 Å². The van der Waals surface area contributed by atoms with Gasteiger partial charge in [0.1, 0.15) is 0 Å². The highest BCUT2D eigenvalue weighted by Crippen LogP contribution is 2.34. The molecule has 102 valence electrons. The van der Waals surface area contributed by atoms with Crippen LogP contribution in [-0.4, -0.2) is 16.3 Å². The summed E-state index contributed by atoms with van der Waals surface area (Å²) in [6.45, 7) is 8.57. The SMILES string of the molecule is CCCNC(CC1CCC1)c1cc(C)nn1CC. The van der Waals surface area contributed by atoms with Gasteiger partial charge in [-0.1, -0.05) is 26.2 Å². The summed E-state index contributed by atoms with van der Waals surface area (Å²) in [6.07, 6.45) is 6.75. The fraction of sp³-hybridized carbons (Fsp3) is 0.800. The molecule has 0 bridgehead atoms. The minimum absolute atomic E-state index is 0.497. The number of aryl methyl sites for hydroxylation is 2. The zero-order valence-corrected chi connectivity index (χ0v) is 12.1. The molecule has 3 nitrogen and oxygen atoms in total. The average molecular weight is 249 g/mol. The van der Waals surface area contributed by atoms with Gasteiger partial charge in [0, 0.05) is 12.6 Å². The highest BCUT2D eigenvalue weighted by molar-refractivity contribution is 5.14. The van der Waals surface area contributed by atoms with Gasteiger partial charge in [-0.2, -0.15) is 5.10 Å². The maximum absolute atomic E-state index is 4.59. The van der Waals surface area contributed by atoms with Gasteiger partial charge in [0.25, 0.3) is 0 Å². The van der Waals surface area contributed by atoms with Crippen LogP contribution < -0.4 is 5.32 Å². The van der Waals surface area contributed by atoms with Gasteiger partial charge in [0.05, 0.1) is 11.4 Å². The first-order valence-electron chi connectivity index (χ1n) is 7.52. The lowest BCUT2D eigenvalue weighted by atomic mass is 9.80. The van der Waals surface area contributed by atoms with Crippen molar-refractivity contribution >= 4 is 0 Å². The summed E-state index contributed by atoms with van der Waals surface area (Å²) in [7, 11) is 0. The summed E-state index contributed by atoms with van der Waals surface area (Å²) in [4.78, 5) is 0. The third kappa shape index (κ3) is 3.14. The zero-order valence-electron chi connectivity index (χ0n) is 12.1. The van der Waals surface area contributed by atoms with Crippen LogP contribution in [0.4, 0.5) is 0 Å². The summed E-state index contributed by atoms with van der Waals surface area (Å²) in [5.74, 6) is 0.930. The lowest BCUT2D eigenvalue weighted by Crippen LogP contribution is -2.28. The Bertz CT molecular complexity index is 366. The van der Waals surface area contributed by atoms with E-state index in [9.17, 15) is 0 Å². The molecule has 1 aromatic rings. The molecule has 1 atom stereocenters.